The highest BCUT2D eigenvalue weighted by molar-refractivity contribution is 5.38. The molecule has 0 atom stereocenters. The SMILES string of the molecule is CCc1nc(CCc2ccccc2)c(N)n1C. The van der Waals surface area contributed by atoms with Crippen LogP contribution in [-0.2, 0) is 26.3 Å². The quantitative estimate of drug-likeness (QED) is 0.874. The molecule has 1 aromatic heterocycles. The average Bonchev–Trinajstić information content (AvgIpc) is 2.65. The molecule has 0 aliphatic heterocycles. The highest BCUT2D eigenvalue weighted by Crippen LogP contribution is 2.15. The molecule has 0 saturated heterocycles. The van der Waals surface area contributed by atoms with Gasteiger partial charge in [-0.1, -0.05) is 37.3 Å². The number of nitrogen functional groups attached to an aromatic ring is 1. The maximum atomic E-state index is 6.04. The van der Waals surface area contributed by atoms with Gasteiger partial charge in [-0.15, -0.1) is 0 Å². The van der Waals surface area contributed by atoms with Gasteiger partial charge in [0, 0.05) is 13.5 Å². The molecule has 0 bridgehead atoms. The van der Waals surface area contributed by atoms with Crippen molar-refractivity contribution in [1.29, 1.82) is 0 Å². The van der Waals surface area contributed by atoms with Gasteiger partial charge < -0.3 is 10.3 Å². The van der Waals surface area contributed by atoms with Crippen molar-refractivity contribution in [3.63, 3.8) is 0 Å². The lowest BCUT2D eigenvalue weighted by Crippen LogP contribution is -2.01. The van der Waals surface area contributed by atoms with Gasteiger partial charge in [-0.05, 0) is 18.4 Å². The molecule has 2 rings (SSSR count). The van der Waals surface area contributed by atoms with Crippen LogP contribution in [0.3, 0.4) is 0 Å². The van der Waals surface area contributed by atoms with Crippen molar-refractivity contribution in [2.45, 2.75) is 26.2 Å². The number of rotatable bonds is 4. The normalized spacial score (nSPS) is 10.7. The third-order valence-corrected chi connectivity index (χ3v) is 3.12. The topological polar surface area (TPSA) is 43.8 Å². The highest BCUT2D eigenvalue weighted by atomic mass is 15.1. The molecule has 0 saturated carbocycles. The number of anilines is 1. The van der Waals surface area contributed by atoms with Crippen molar-refractivity contribution in [2.24, 2.45) is 7.05 Å². The molecule has 0 amide bonds. The summed E-state index contributed by atoms with van der Waals surface area (Å²) in [6.07, 6.45) is 2.82. The number of aromatic nitrogens is 2. The van der Waals surface area contributed by atoms with E-state index in [1.54, 1.807) is 0 Å². The van der Waals surface area contributed by atoms with Gasteiger partial charge in [0.15, 0.2) is 0 Å². The van der Waals surface area contributed by atoms with Crippen LogP contribution in [0.1, 0.15) is 24.0 Å². The first-order valence-electron chi connectivity index (χ1n) is 6.06. The number of aryl methyl sites for hydroxylation is 3. The van der Waals surface area contributed by atoms with Gasteiger partial charge in [-0.3, -0.25) is 0 Å². The maximum Gasteiger partial charge on any atom is 0.126 e. The van der Waals surface area contributed by atoms with Crippen LogP contribution in [0.15, 0.2) is 30.3 Å². The molecule has 2 aromatic rings. The van der Waals surface area contributed by atoms with Gasteiger partial charge in [0.2, 0.25) is 0 Å². The van der Waals surface area contributed by atoms with E-state index >= 15 is 0 Å². The van der Waals surface area contributed by atoms with Crippen molar-refractivity contribution in [3.05, 3.63) is 47.4 Å². The molecule has 3 heteroatoms. The van der Waals surface area contributed by atoms with Crippen molar-refractivity contribution in [2.75, 3.05) is 5.73 Å². The Labute approximate surface area is 102 Å². The largest absolute Gasteiger partial charge is 0.384 e. The third kappa shape index (κ3) is 2.49. The average molecular weight is 229 g/mol. The summed E-state index contributed by atoms with van der Waals surface area (Å²) < 4.78 is 1.99. The lowest BCUT2D eigenvalue weighted by molar-refractivity contribution is 0.814. The zero-order valence-corrected chi connectivity index (χ0v) is 10.5. The fourth-order valence-electron chi connectivity index (χ4n) is 2.03. The first-order chi connectivity index (χ1) is 8.22. The van der Waals surface area contributed by atoms with Crippen LogP contribution >= 0.6 is 0 Å². The predicted octanol–water partition coefficient (Wildman–Crippen LogP) is 2.35. The van der Waals surface area contributed by atoms with E-state index in [4.69, 9.17) is 5.73 Å². The van der Waals surface area contributed by atoms with Crippen LogP contribution in [0.5, 0.6) is 0 Å². The molecule has 0 radical (unpaired) electrons. The van der Waals surface area contributed by atoms with Gasteiger partial charge in [-0.25, -0.2) is 4.98 Å². The van der Waals surface area contributed by atoms with Gasteiger partial charge in [0.1, 0.15) is 11.6 Å². The molecule has 1 heterocycles. The second-order valence-electron chi connectivity index (χ2n) is 4.26. The Kier molecular flexibility index (Phi) is 3.47. The minimum Gasteiger partial charge on any atom is -0.384 e. The van der Waals surface area contributed by atoms with Crippen LogP contribution in [-0.4, -0.2) is 9.55 Å². The Morgan fingerprint density at radius 3 is 2.47 bits per heavy atom. The van der Waals surface area contributed by atoms with Crippen LogP contribution in [0, 0.1) is 0 Å². The van der Waals surface area contributed by atoms with Crippen LogP contribution in [0.2, 0.25) is 0 Å². The number of hydrogen-bond donors (Lipinski definition) is 1. The zero-order chi connectivity index (χ0) is 12.3. The molecular weight excluding hydrogens is 210 g/mol. The fraction of sp³-hybridized carbons (Fsp3) is 0.357. The first-order valence-corrected chi connectivity index (χ1v) is 6.06. The molecular formula is C14H19N3. The molecule has 0 aliphatic carbocycles. The van der Waals surface area contributed by atoms with Crippen LogP contribution < -0.4 is 5.73 Å². The summed E-state index contributed by atoms with van der Waals surface area (Å²) in [6.45, 7) is 2.10. The summed E-state index contributed by atoms with van der Waals surface area (Å²) in [5.74, 6) is 1.86. The smallest absolute Gasteiger partial charge is 0.126 e. The Morgan fingerprint density at radius 1 is 1.18 bits per heavy atom. The fourth-order valence-corrected chi connectivity index (χ4v) is 2.03. The molecule has 17 heavy (non-hydrogen) atoms. The number of nitrogens with two attached hydrogens (primary N) is 1. The van der Waals surface area contributed by atoms with Crippen molar-refractivity contribution in [3.8, 4) is 0 Å². The molecule has 0 fully saturated rings. The second kappa shape index (κ2) is 5.04. The molecule has 0 aliphatic rings. The van der Waals surface area contributed by atoms with Gasteiger partial charge in [0.05, 0.1) is 5.69 Å². The Morgan fingerprint density at radius 2 is 1.88 bits per heavy atom. The lowest BCUT2D eigenvalue weighted by Gasteiger charge is -2.01. The minimum atomic E-state index is 0.804. The standard InChI is InChI=1S/C14H19N3/c1-3-13-16-12(14(15)17(13)2)10-9-11-7-5-4-6-8-11/h4-8H,3,9-10,15H2,1-2H3. The molecule has 3 nitrogen and oxygen atoms in total. The van der Waals surface area contributed by atoms with E-state index in [9.17, 15) is 0 Å². The highest BCUT2D eigenvalue weighted by Gasteiger charge is 2.10. The van der Waals surface area contributed by atoms with E-state index in [-0.39, 0.29) is 0 Å². The van der Waals surface area contributed by atoms with Crippen LogP contribution in [0.25, 0.3) is 0 Å². The Bertz CT molecular complexity index is 486. The number of benzene rings is 1. The number of imidazole rings is 1. The summed E-state index contributed by atoms with van der Waals surface area (Å²) >= 11 is 0. The van der Waals surface area contributed by atoms with E-state index in [1.807, 2.05) is 17.7 Å². The van der Waals surface area contributed by atoms with E-state index in [0.29, 0.717) is 0 Å². The van der Waals surface area contributed by atoms with Gasteiger partial charge >= 0.3 is 0 Å². The second-order valence-corrected chi connectivity index (χ2v) is 4.26. The lowest BCUT2D eigenvalue weighted by atomic mass is 10.1. The molecule has 1 aromatic carbocycles. The summed E-state index contributed by atoms with van der Waals surface area (Å²) in [5, 5.41) is 0. The zero-order valence-electron chi connectivity index (χ0n) is 10.5. The minimum absolute atomic E-state index is 0.804. The van der Waals surface area contributed by atoms with Crippen LogP contribution in [0.4, 0.5) is 5.82 Å². The van der Waals surface area contributed by atoms with Gasteiger partial charge in [-0.2, -0.15) is 0 Å². The third-order valence-electron chi connectivity index (χ3n) is 3.12. The number of hydrogen-bond acceptors (Lipinski definition) is 2. The first kappa shape index (κ1) is 11.7. The molecule has 0 unspecified atom stereocenters. The van der Waals surface area contributed by atoms with Gasteiger partial charge in [0.25, 0.3) is 0 Å². The molecule has 90 valence electrons. The van der Waals surface area contributed by atoms with Crippen molar-refractivity contribution >= 4 is 5.82 Å². The van der Waals surface area contributed by atoms with Crippen molar-refractivity contribution in [1.82, 2.24) is 9.55 Å². The summed E-state index contributed by atoms with van der Waals surface area (Å²) in [4.78, 5) is 4.58. The molecule has 0 spiro atoms. The monoisotopic (exact) mass is 229 g/mol. The summed E-state index contributed by atoms with van der Waals surface area (Å²) in [7, 11) is 1.98. The maximum absolute atomic E-state index is 6.04. The van der Waals surface area contributed by atoms with E-state index in [2.05, 4.69) is 36.2 Å². The molecule has 2 N–H and O–H groups in total. The van der Waals surface area contributed by atoms with Crippen molar-refractivity contribution < 1.29 is 0 Å². The van der Waals surface area contributed by atoms with E-state index in [0.717, 1.165) is 36.6 Å². The van der Waals surface area contributed by atoms with E-state index < -0.39 is 0 Å². The Hall–Kier alpha value is -1.77. The Balaban J connectivity index is 2.09. The van der Waals surface area contributed by atoms with E-state index in [1.165, 1.54) is 5.56 Å². The summed E-state index contributed by atoms with van der Waals surface area (Å²) in [5.41, 5.74) is 8.39. The number of nitrogens with zero attached hydrogens (tertiary/aromatic N) is 2. The predicted molar refractivity (Wildman–Crippen MR) is 70.8 cm³/mol. The summed E-state index contributed by atoms with van der Waals surface area (Å²) in [6, 6.07) is 10.4.